The summed E-state index contributed by atoms with van der Waals surface area (Å²) in [4.78, 5) is 21.2. The number of rotatable bonds is 7. The minimum Gasteiger partial charge on any atom is -0.495 e. The van der Waals surface area contributed by atoms with E-state index in [1.54, 1.807) is 24.3 Å². The van der Waals surface area contributed by atoms with E-state index in [1.165, 1.54) is 13.2 Å². The van der Waals surface area contributed by atoms with Crippen LogP contribution < -0.4 is 15.2 Å². The van der Waals surface area contributed by atoms with Gasteiger partial charge in [0.1, 0.15) is 24.2 Å². The normalized spacial score (nSPS) is 12.2. The van der Waals surface area contributed by atoms with Gasteiger partial charge in [0.15, 0.2) is 5.91 Å². The van der Waals surface area contributed by atoms with Gasteiger partial charge >= 0.3 is 0 Å². The molecule has 0 bridgehead atoms. The second kappa shape index (κ2) is 9.06. The van der Waals surface area contributed by atoms with Crippen molar-refractivity contribution in [2.24, 2.45) is 5.73 Å². The number of ether oxygens (including phenoxy) is 2. The van der Waals surface area contributed by atoms with Crippen molar-refractivity contribution in [3.05, 3.63) is 56.4 Å². The topological polar surface area (TPSA) is 106 Å². The molecule has 1 heterocycles. The number of primary amides is 1. The van der Waals surface area contributed by atoms with Crippen molar-refractivity contribution in [1.29, 1.82) is 5.26 Å². The molecule has 0 saturated heterocycles. The van der Waals surface area contributed by atoms with Crippen LogP contribution >= 0.6 is 36.1 Å². The average molecular weight is 497 g/mol. The predicted octanol–water partition coefficient (Wildman–Crippen LogP) is 4.78. The number of nitriles is 1. The van der Waals surface area contributed by atoms with Gasteiger partial charge in [0.2, 0.25) is 5.91 Å². The summed E-state index contributed by atoms with van der Waals surface area (Å²) in [5, 5.41) is 9.67. The Morgan fingerprint density at radius 2 is 2.17 bits per heavy atom. The van der Waals surface area contributed by atoms with E-state index < -0.39 is 20.6 Å². The zero-order valence-electron chi connectivity index (χ0n) is 15.0. The molecular formula is C19H15BrFN2O4PS. The van der Waals surface area contributed by atoms with Gasteiger partial charge in [-0.2, -0.15) is 5.26 Å². The zero-order valence-corrected chi connectivity index (χ0v) is 18.4. The fourth-order valence-corrected chi connectivity index (χ4v) is 5.42. The molecule has 29 heavy (non-hydrogen) atoms. The molecule has 150 valence electrons. The Morgan fingerprint density at radius 1 is 1.41 bits per heavy atom. The van der Waals surface area contributed by atoms with Gasteiger partial charge in [-0.05, 0) is 45.8 Å². The van der Waals surface area contributed by atoms with Crippen molar-refractivity contribution in [3.63, 3.8) is 0 Å². The van der Waals surface area contributed by atoms with Gasteiger partial charge < -0.3 is 20.1 Å². The number of fused-ring (bicyclic) bond motifs is 1. The van der Waals surface area contributed by atoms with E-state index in [0.717, 1.165) is 16.9 Å². The molecule has 0 aliphatic heterocycles. The number of hydrogen-bond acceptors (Lipinski definition) is 6. The summed E-state index contributed by atoms with van der Waals surface area (Å²) < 4.78 is 26.3. The van der Waals surface area contributed by atoms with E-state index in [9.17, 15) is 14.1 Å². The van der Waals surface area contributed by atoms with Crippen LogP contribution in [0.1, 0.15) is 32.3 Å². The molecule has 1 amide bonds. The minimum absolute atomic E-state index is 0.130. The van der Waals surface area contributed by atoms with Crippen molar-refractivity contribution in [3.8, 4) is 17.6 Å². The lowest BCUT2D eigenvalue weighted by molar-refractivity contribution is 0.1000. The highest BCUT2D eigenvalue weighted by Crippen LogP contribution is 2.48. The van der Waals surface area contributed by atoms with E-state index in [-0.39, 0.29) is 12.2 Å². The molecule has 1 aromatic heterocycles. The van der Waals surface area contributed by atoms with Crippen LogP contribution in [0.25, 0.3) is 10.1 Å². The SMILES string of the molecule is COc1cc(COc2cc(C(N)=O)cc3c(Br)c(C(F)PO)sc23)ccc1C#N. The van der Waals surface area contributed by atoms with Gasteiger partial charge in [-0.1, -0.05) is 6.07 Å². The molecule has 0 fully saturated rings. The van der Waals surface area contributed by atoms with E-state index in [2.05, 4.69) is 15.9 Å². The number of carbonyl (C=O) groups excluding carboxylic acids is 1. The summed E-state index contributed by atoms with van der Waals surface area (Å²) >= 11 is 4.48. The number of hydrogen-bond donors (Lipinski definition) is 2. The maximum atomic E-state index is 14.1. The van der Waals surface area contributed by atoms with Gasteiger partial charge in [0, 0.05) is 15.4 Å². The maximum Gasteiger partial charge on any atom is 0.248 e. The van der Waals surface area contributed by atoms with Gasteiger partial charge in [0.05, 0.1) is 31.1 Å². The number of methoxy groups -OCH3 is 1. The number of alkyl halides is 1. The van der Waals surface area contributed by atoms with E-state index in [1.807, 2.05) is 6.07 Å². The molecule has 3 N–H and O–H groups in total. The number of amides is 1. The van der Waals surface area contributed by atoms with Gasteiger partial charge in [-0.15, -0.1) is 11.3 Å². The van der Waals surface area contributed by atoms with Crippen LogP contribution in [0.3, 0.4) is 0 Å². The third kappa shape index (κ3) is 4.36. The highest BCUT2D eigenvalue weighted by atomic mass is 79.9. The average Bonchev–Trinajstić information content (AvgIpc) is 3.07. The van der Waals surface area contributed by atoms with E-state index in [0.29, 0.717) is 36.5 Å². The van der Waals surface area contributed by atoms with Crippen LogP contribution in [0.2, 0.25) is 0 Å². The second-order valence-corrected chi connectivity index (χ2v) is 8.53. The standard InChI is InChI=1S/C19H15BrFN2O4PS/c1-26-13-4-9(2-3-10(13)7-22)8-27-14-6-11(19(23)24)5-12-15(20)17(18(21)28-25)29-16(12)14/h2-6,18,25,28H,8H2,1H3,(H2,23,24). The first-order chi connectivity index (χ1) is 13.9. The number of carbonyl (C=O) groups is 1. The number of nitrogens with zero attached hydrogens (tertiary/aromatic N) is 1. The van der Waals surface area contributed by atoms with E-state index >= 15 is 0 Å². The van der Waals surface area contributed by atoms with Crippen molar-refractivity contribution in [1.82, 2.24) is 0 Å². The third-order valence-electron chi connectivity index (χ3n) is 4.13. The summed E-state index contributed by atoms with van der Waals surface area (Å²) in [6.45, 7) is 0.130. The highest BCUT2D eigenvalue weighted by Gasteiger charge is 2.22. The molecule has 0 radical (unpaired) electrons. The summed E-state index contributed by atoms with van der Waals surface area (Å²) in [5.41, 5.74) is 6.79. The van der Waals surface area contributed by atoms with Gasteiger partial charge in [-0.3, -0.25) is 4.79 Å². The fraction of sp³-hybridized carbons (Fsp3) is 0.158. The van der Waals surface area contributed by atoms with Crippen molar-refractivity contribution in [2.75, 3.05) is 7.11 Å². The molecule has 0 saturated carbocycles. The summed E-state index contributed by atoms with van der Waals surface area (Å²) in [5.74, 6) is -1.38. The first kappa shape index (κ1) is 21.5. The largest absolute Gasteiger partial charge is 0.495 e. The summed E-state index contributed by atoms with van der Waals surface area (Å²) in [6, 6.07) is 10.2. The molecule has 0 spiro atoms. The van der Waals surface area contributed by atoms with Gasteiger partial charge in [-0.25, -0.2) is 4.39 Å². The molecule has 2 atom stereocenters. The molecule has 2 unspecified atom stereocenters. The second-order valence-electron chi connectivity index (χ2n) is 5.92. The quantitative estimate of drug-likeness (QED) is 0.458. The van der Waals surface area contributed by atoms with Crippen molar-refractivity contribution < 1.29 is 23.6 Å². The van der Waals surface area contributed by atoms with Crippen LogP contribution in [0.4, 0.5) is 4.39 Å². The summed E-state index contributed by atoms with van der Waals surface area (Å²) in [6.07, 6.45) is 0. The molecule has 6 nitrogen and oxygen atoms in total. The maximum absolute atomic E-state index is 14.1. The first-order valence-electron chi connectivity index (χ1n) is 8.18. The lowest BCUT2D eigenvalue weighted by atomic mass is 10.1. The molecule has 0 aliphatic rings. The molecular weight excluding hydrogens is 482 g/mol. The van der Waals surface area contributed by atoms with Crippen LogP contribution in [0, 0.1) is 11.3 Å². The summed E-state index contributed by atoms with van der Waals surface area (Å²) in [7, 11) is 0.569. The first-order valence-corrected chi connectivity index (χ1v) is 10.8. The Bertz CT molecular complexity index is 1130. The van der Waals surface area contributed by atoms with Crippen molar-refractivity contribution >= 4 is 52.1 Å². The third-order valence-corrected chi connectivity index (χ3v) is 7.23. The fourth-order valence-electron chi connectivity index (χ4n) is 2.71. The monoisotopic (exact) mass is 496 g/mol. The number of benzene rings is 2. The number of halogens is 2. The zero-order chi connectivity index (χ0) is 21.1. The highest BCUT2D eigenvalue weighted by molar-refractivity contribution is 9.10. The van der Waals surface area contributed by atoms with E-state index in [4.69, 9.17) is 20.5 Å². The molecule has 10 heteroatoms. The molecule has 0 aliphatic carbocycles. The van der Waals surface area contributed by atoms with Crippen LogP contribution in [0.15, 0.2) is 34.8 Å². The Hall–Kier alpha value is -2.24. The lowest BCUT2D eigenvalue weighted by Crippen LogP contribution is -2.11. The lowest BCUT2D eigenvalue weighted by Gasteiger charge is -2.10. The Morgan fingerprint density at radius 3 is 2.79 bits per heavy atom. The minimum atomic E-state index is -1.53. The smallest absolute Gasteiger partial charge is 0.248 e. The Balaban J connectivity index is 2.02. The number of nitrogens with two attached hydrogens (primary N) is 1. The number of thiophene rings is 1. The van der Waals surface area contributed by atoms with Crippen LogP contribution in [-0.4, -0.2) is 17.9 Å². The Labute approximate surface area is 180 Å². The van der Waals surface area contributed by atoms with Crippen molar-refractivity contribution in [2.45, 2.75) is 12.5 Å². The predicted molar refractivity (Wildman–Crippen MR) is 114 cm³/mol. The van der Waals surface area contributed by atoms with Gasteiger partial charge in [0.25, 0.3) is 0 Å². The van der Waals surface area contributed by atoms with Crippen LogP contribution in [-0.2, 0) is 6.61 Å². The Kier molecular flexibility index (Phi) is 6.70. The molecule has 2 aromatic carbocycles. The van der Waals surface area contributed by atoms with Crippen LogP contribution in [0.5, 0.6) is 11.5 Å². The molecule has 3 aromatic rings. The molecule has 3 rings (SSSR count).